The van der Waals surface area contributed by atoms with Gasteiger partial charge in [-0.2, -0.15) is 0 Å². The van der Waals surface area contributed by atoms with Crippen LogP contribution in [0.25, 0.3) is 33.0 Å². The maximum atomic E-state index is 10.3. The van der Waals surface area contributed by atoms with Gasteiger partial charge in [0.1, 0.15) is 11.5 Å². The molecular formula is C24H20N2O2. The molecule has 0 radical (unpaired) electrons. The van der Waals surface area contributed by atoms with Gasteiger partial charge in [-0.1, -0.05) is 55.7 Å². The molecule has 0 unspecified atom stereocenters. The van der Waals surface area contributed by atoms with Crippen LogP contribution in [0.2, 0.25) is 0 Å². The van der Waals surface area contributed by atoms with Crippen molar-refractivity contribution in [2.45, 2.75) is 12.8 Å². The van der Waals surface area contributed by atoms with Crippen molar-refractivity contribution in [2.24, 2.45) is 0 Å². The van der Waals surface area contributed by atoms with E-state index in [2.05, 4.69) is 13.2 Å². The van der Waals surface area contributed by atoms with Gasteiger partial charge in [-0.15, -0.1) is 0 Å². The van der Waals surface area contributed by atoms with Crippen molar-refractivity contribution in [3.8, 4) is 0 Å². The smallest absolute Gasteiger partial charge is 0.117 e. The van der Waals surface area contributed by atoms with Gasteiger partial charge in [0.15, 0.2) is 0 Å². The van der Waals surface area contributed by atoms with Gasteiger partial charge >= 0.3 is 0 Å². The van der Waals surface area contributed by atoms with Gasteiger partial charge in [-0.05, 0) is 24.6 Å². The first-order chi connectivity index (χ1) is 13.6. The van der Waals surface area contributed by atoms with Gasteiger partial charge in [0.25, 0.3) is 0 Å². The van der Waals surface area contributed by atoms with Gasteiger partial charge in [-0.25, -0.2) is 9.97 Å². The van der Waals surface area contributed by atoms with Gasteiger partial charge in [0.2, 0.25) is 0 Å². The van der Waals surface area contributed by atoms with Crippen LogP contribution in [0.15, 0.2) is 85.4 Å². The van der Waals surface area contributed by atoms with E-state index in [-0.39, 0.29) is 5.76 Å². The fraction of sp³-hybridized carbons (Fsp3) is 0.0833. The molecule has 28 heavy (non-hydrogen) atoms. The van der Waals surface area contributed by atoms with Crippen molar-refractivity contribution >= 4 is 33.0 Å². The molecule has 0 amide bonds. The third-order valence-electron chi connectivity index (χ3n) is 4.81. The molecule has 0 saturated carbocycles. The average molecular weight is 368 g/mol. The summed E-state index contributed by atoms with van der Waals surface area (Å²) in [5.74, 6) is 0.291. The number of allylic oxidation sites excluding steroid dienone is 7. The summed E-state index contributed by atoms with van der Waals surface area (Å²) in [7, 11) is 0. The lowest BCUT2D eigenvalue weighted by molar-refractivity contribution is 0.391. The monoisotopic (exact) mass is 368 g/mol. The summed E-state index contributed by atoms with van der Waals surface area (Å²) in [4.78, 5) is 9.57. The topological polar surface area (TPSA) is 66.2 Å². The van der Waals surface area contributed by atoms with Crippen molar-refractivity contribution < 1.29 is 10.2 Å². The predicted molar refractivity (Wildman–Crippen MR) is 115 cm³/mol. The molecule has 0 spiro atoms. The minimum atomic E-state index is -0.0666. The van der Waals surface area contributed by atoms with Crippen LogP contribution in [-0.2, 0) is 0 Å². The fourth-order valence-corrected chi connectivity index (χ4v) is 3.40. The van der Waals surface area contributed by atoms with E-state index in [1.165, 1.54) is 0 Å². The summed E-state index contributed by atoms with van der Waals surface area (Å²) in [5.41, 5.74) is 4.05. The zero-order valence-electron chi connectivity index (χ0n) is 15.4. The number of hydrogen-bond donors (Lipinski definition) is 2. The van der Waals surface area contributed by atoms with E-state index in [9.17, 15) is 10.2 Å². The molecule has 0 fully saturated rings. The minimum absolute atomic E-state index is 0.0666. The first-order valence-corrected chi connectivity index (χ1v) is 9.09. The molecule has 0 bridgehead atoms. The van der Waals surface area contributed by atoms with Gasteiger partial charge in [-0.3, -0.25) is 0 Å². The highest BCUT2D eigenvalue weighted by Crippen LogP contribution is 2.30. The second-order valence-electron chi connectivity index (χ2n) is 6.67. The molecule has 2 aromatic heterocycles. The summed E-state index contributed by atoms with van der Waals surface area (Å²) in [6.45, 7) is 7.31. The highest BCUT2D eigenvalue weighted by molar-refractivity contribution is 6.04. The van der Waals surface area contributed by atoms with Crippen LogP contribution in [-0.4, -0.2) is 20.2 Å². The summed E-state index contributed by atoms with van der Waals surface area (Å²) in [5, 5.41) is 22.1. The Bertz CT molecular complexity index is 1220. The third-order valence-corrected chi connectivity index (χ3v) is 4.81. The summed E-state index contributed by atoms with van der Waals surface area (Å²) < 4.78 is 0. The number of hydrogen-bond acceptors (Lipinski definition) is 4. The lowest BCUT2D eigenvalue weighted by Gasteiger charge is -2.12. The van der Waals surface area contributed by atoms with E-state index in [1.807, 2.05) is 48.6 Å². The van der Waals surface area contributed by atoms with E-state index in [4.69, 9.17) is 9.97 Å². The standard InChI is InChI=1S/C24H20N2O2/c1-3-6-18(15(2)27)20-13-11-16-9-10-17-12-14-21(26-24(17)23(16)25-20)19-7-4-5-8-22(19)28/h3-4,6-7,9-14,27-28H,1-2,5,8H2/b18-6+. The Hall–Kier alpha value is -3.66. The maximum Gasteiger partial charge on any atom is 0.117 e. The fourth-order valence-electron chi connectivity index (χ4n) is 3.40. The Labute approximate surface area is 163 Å². The minimum Gasteiger partial charge on any atom is -0.512 e. The van der Waals surface area contributed by atoms with E-state index in [1.54, 1.807) is 12.2 Å². The van der Waals surface area contributed by atoms with Crippen LogP contribution in [0, 0.1) is 0 Å². The molecule has 138 valence electrons. The van der Waals surface area contributed by atoms with Gasteiger partial charge in [0.05, 0.1) is 22.4 Å². The lowest BCUT2D eigenvalue weighted by atomic mass is 10.0. The summed E-state index contributed by atoms with van der Waals surface area (Å²) >= 11 is 0. The molecule has 4 rings (SSSR count). The van der Waals surface area contributed by atoms with E-state index in [0.717, 1.165) is 33.8 Å². The molecule has 1 aliphatic rings. The van der Waals surface area contributed by atoms with Gasteiger partial charge < -0.3 is 10.2 Å². The summed E-state index contributed by atoms with van der Waals surface area (Å²) in [6, 6.07) is 11.7. The van der Waals surface area contributed by atoms with Crippen LogP contribution < -0.4 is 0 Å². The molecule has 0 aliphatic heterocycles. The van der Waals surface area contributed by atoms with Crippen molar-refractivity contribution in [1.29, 1.82) is 0 Å². The van der Waals surface area contributed by atoms with E-state index < -0.39 is 0 Å². The molecule has 2 heterocycles. The molecular weight excluding hydrogens is 348 g/mol. The SMILES string of the molecule is C=C/C=C(\C(=C)O)c1ccc2ccc3ccc(C4=C(O)CCC=C4)nc3c2n1. The zero-order valence-corrected chi connectivity index (χ0v) is 15.4. The Morgan fingerprint density at radius 2 is 1.68 bits per heavy atom. The van der Waals surface area contributed by atoms with Crippen molar-refractivity contribution in [3.63, 3.8) is 0 Å². The highest BCUT2D eigenvalue weighted by Gasteiger charge is 2.14. The van der Waals surface area contributed by atoms with Crippen molar-refractivity contribution in [2.75, 3.05) is 0 Å². The van der Waals surface area contributed by atoms with Crippen LogP contribution in [0.3, 0.4) is 0 Å². The maximum absolute atomic E-state index is 10.3. The Kier molecular flexibility index (Phi) is 4.53. The Morgan fingerprint density at radius 3 is 2.36 bits per heavy atom. The van der Waals surface area contributed by atoms with Crippen LogP contribution in [0.5, 0.6) is 0 Å². The normalized spacial score (nSPS) is 14.6. The quantitative estimate of drug-likeness (QED) is 0.334. The van der Waals surface area contributed by atoms with Gasteiger partial charge in [0, 0.05) is 28.3 Å². The first-order valence-electron chi connectivity index (χ1n) is 9.09. The number of aliphatic hydroxyl groups is 2. The number of benzene rings is 1. The second kappa shape index (κ2) is 7.16. The summed E-state index contributed by atoms with van der Waals surface area (Å²) in [6.07, 6.45) is 8.68. The third kappa shape index (κ3) is 3.09. The van der Waals surface area contributed by atoms with Crippen LogP contribution in [0.1, 0.15) is 24.2 Å². The van der Waals surface area contributed by atoms with Crippen molar-refractivity contribution in [3.05, 3.63) is 96.8 Å². The largest absolute Gasteiger partial charge is 0.512 e. The number of aromatic nitrogens is 2. The molecule has 4 heteroatoms. The Morgan fingerprint density at radius 1 is 1.00 bits per heavy atom. The molecule has 4 nitrogen and oxygen atoms in total. The predicted octanol–water partition coefficient (Wildman–Crippen LogP) is 6.04. The lowest BCUT2D eigenvalue weighted by Crippen LogP contribution is -1.98. The van der Waals surface area contributed by atoms with Crippen LogP contribution in [0.4, 0.5) is 0 Å². The van der Waals surface area contributed by atoms with E-state index in [0.29, 0.717) is 29.1 Å². The molecule has 1 aromatic carbocycles. The molecule has 0 saturated heterocycles. The van der Waals surface area contributed by atoms with Crippen molar-refractivity contribution in [1.82, 2.24) is 9.97 Å². The number of pyridine rings is 2. The van der Waals surface area contributed by atoms with E-state index >= 15 is 0 Å². The second-order valence-corrected chi connectivity index (χ2v) is 6.67. The first kappa shape index (κ1) is 17.7. The number of nitrogens with zero attached hydrogens (tertiary/aromatic N) is 2. The number of aliphatic hydroxyl groups excluding tert-OH is 2. The molecule has 2 N–H and O–H groups in total. The average Bonchev–Trinajstić information content (AvgIpc) is 2.71. The Balaban J connectivity index is 1.97. The number of rotatable bonds is 4. The highest BCUT2D eigenvalue weighted by atomic mass is 16.3. The molecule has 1 aliphatic carbocycles. The zero-order chi connectivity index (χ0) is 19.7. The van der Waals surface area contributed by atoms with Crippen LogP contribution >= 0.6 is 0 Å². The number of fused-ring (bicyclic) bond motifs is 3. The molecule has 3 aromatic rings. The molecule has 0 atom stereocenters.